The van der Waals surface area contributed by atoms with Crippen LogP contribution in [0.15, 0.2) is 42.5 Å². The fraction of sp³-hybridized carbons (Fsp3) is 0.450. The van der Waals surface area contributed by atoms with E-state index in [0.717, 1.165) is 0 Å². The van der Waals surface area contributed by atoms with E-state index in [0.29, 0.717) is 12.0 Å². The average molecular weight is 360 g/mol. The monoisotopic (exact) mass is 360 g/mol. The number of esters is 3. The molecule has 1 aromatic carbocycles. The maximum Gasteiger partial charge on any atom is 0.338 e. The van der Waals surface area contributed by atoms with Crippen molar-refractivity contribution >= 4 is 17.9 Å². The topological polar surface area (TPSA) is 78.9 Å². The molecule has 0 unspecified atom stereocenters. The first-order valence-electron chi connectivity index (χ1n) is 8.80. The van der Waals surface area contributed by atoms with Gasteiger partial charge in [-0.1, -0.05) is 30.4 Å². The Morgan fingerprint density at radius 1 is 0.962 bits per heavy atom. The molecule has 0 bridgehead atoms. The summed E-state index contributed by atoms with van der Waals surface area (Å²) in [5.74, 6) is -2.92. The summed E-state index contributed by atoms with van der Waals surface area (Å²) >= 11 is 0. The first-order chi connectivity index (χ1) is 12.6. The summed E-state index contributed by atoms with van der Waals surface area (Å²) in [5, 5.41) is 0. The van der Waals surface area contributed by atoms with Crippen LogP contribution in [0.25, 0.3) is 0 Å². The van der Waals surface area contributed by atoms with Gasteiger partial charge in [0.1, 0.15) is 0 Å². The van der Waals surface area contributed by atoms with E-state index >= 15 is 0 Å². The molecule has 0 fully saturated rings. The first-order valence-corrected chi connectivity index (χ1v) is 8.80. The van der Waals surface area contributed by atoms with E-state index in [1.54, 1.807) is 44.2 Å². The van der Waals surface area contributed by atoms with Crippen molar-refractivity contribution in [1.29, 1.82) is 0 Å². The van der Waals surface area contributed by atoms with Crippen molar-refractivity contribution < 1.29 is 28.6 Å². The van der Waals surface area contributed by atoms with Crippen molar-refractivity contribution in [2.45, 2.75) is 20.3 Å². The van der Waals surface area contributed by atoms with Crippen molar-refractivity contribution in [1.82, 2.24) is 0 Å². The maximum absolute atomic E-state index is 12.2. The quantitative estimate of drug-likeness (QED) is 0.307. The highest BCUT2D eigenvalue weighted by Crippen LogP contribution is 2.31. The molecule has 1 aliphatic carbocycles. The summed E-state index contributed by atoms with van der Waals surface area (Å²) in [6, 6.07) is 8.74. The molecule has 0 aromatic heterocycles. The van der Waals surface area contributed by atoms with Gasteiger partial charge in [-0.05, 0) is 32.4 Å². The normalized spacial score (nSPS) is 18.6. The fourth-order valence-electron chi connectivity index (χ4n) is 2.93. The highest BCUT2D eigenvalue weighted by atomic mass is 16.6. The number of carbonyl (C=O) groups is 3. The standard InChI is InChI=1S/C20H24O6/c1-3-24-19(22)17(20(23)25-4-2)16-11-10-14(12-16)13-26-18(21)15-8-6-5-7-9-15/h5-11,14,16-17H,3-4,12-13H2,1-2H3/t14-,16+/m1/s1. The highest BCUT2D eigenvalue weighted by Gasteiger charge is 2.39. The smallest absolute Gasteiger partial charge is 0.338 e. The Hall–Kier alpha value is -2.63. The predicted octanol–water partition coefficient (Wildman–Crippen LogP) is 2.78. The van der Waals surface area contributed by atoms with Crippen molar-refractivity contribution in [2.75, 3.05) is 19.8 Å². The zero-order valence-electron chi connectivity index (χ0n) is 15.1. The molecule has 26 heavy (non-hydrogen) atoms. The largest absolute Gasteiger partial charge is 0.465 e. The third kappa shape index (κ3) is 5.18. The van der Waals surface area contributed by atoms with Crippen LogP contribution >= 0.6 is 0 Å². The van der Waals surface area contributed by atoms with Gasteiger partial charge in [0, 0.05) is 11.8 Å². The SMILES string of the molecule is CCOC(=O)C(C(=O)OCC)[C@H]1C=C[C@@H](COC(=O)c2ccccc2)C1. The van der Waals surface area contributed by atoms with Gasteiger partial charge in [-0.25, -0.2) is 4.79 Å². The minimum absolute atomic E-state index is 0.0565. The van der Waals surface area contributed by atoms with Crippen LogP contribution in [0.2, 0.25) is 0 Å². The Labute approximate surface area is 153 Å². The van der Waals surface area contributed by atoms with Crippen LogP contribution in [0, 0.1) is 17.8 Å². The number of carbonyl (C=O) groups excluding carboxylic acids is 3. The van der Waals surface area contributed by atoms with Crippen LogP contribution in [0.4, 0.5) is 0 Å². The van der Waals surface area contributed by atoms with Crippen LogP contribution in [-0.4, -0.2) is 37.7 Å². The number of benzene rings is 1. The first kappa shape index (κ1) is 19.7. The molecule has 1 aromatic rings. The molecule has 0 radical (unpaired) electrons. The second-order valence-corrected chi connectivity index (χ2v) is 5.99. The molecule has 0 saturated heterocycles. The van der Waals surface area contributed by atoms with Gasteiger partial charge in [-0.3, -0.25) is 9.59 Å². The molecule has 1 aliphatic rings. The lowest BCUT2D eigenvalue weighted by molar-refractivity contribution is -0.163. The van der Waals surface area contributed by atoms with Crippen LogP contribution in [0.5, 0.6) is 0 Å². The molecule has 140 valence electrons. The van der Waals surface area contributed by atoms with Gasteiger partial charge in [0.15, 0.2) is 5.92 Å². The van der Waals surface area contributed by atoms with Gasteiger partial charge in [0.2, 0.25) is 0 Å². The van der Waals surface area contributed by atoms with Crippen LogP contribution in [0.1, 0.15) is 30.6 Å². The van der Waals surface area contributed by atoms with Crippen molar-refractivity contribution in [2.24, 2.45) is 17.8 Å². The highest BCUT2D eigenvalue weighted by molar-refractivity contribution is 5.95. The summed E-state index contributed by atoms with van der Waals surface area (Å²) in [6.07, 6.45) is 4.19. The van der Waals surface area contributed by atoms with Gasteiger partial charge in [0.05, 0.1) is 25.4 Å². The summed E-state index contributed by atoms with van der Waals surface area (Å²) in [6.45, 7) is 3.97. The minimum Gasteiger partial charge on any atom is -0.465 e. The Kier molecular flexibility index (Phi) is 7.38. The van der Waals surface area contributed by atoms with E-state index < -0.39 is 23.8 Å². The Bertz CT molecular complexity index is 634. The second-order valence-electron chi connectivity index (χ2n) is 5.99. The molecule has 0 saturated carbocycles. The molecule has 0 aliphatic heterocycles. The van der Waals surface area contributed by atoms with E-state index in [1.165, 1.54) is 0 Å². The van der Waals surface area contributed by atoms with Gasteiger partial charge in [-0.2, -0.15) is 0 Å². The lowest BCUT2D eigenvalue weighted by atomic mass is 9.90. The summed E-state index contributed by atoms with van der Waals surface area (Å²) in [4.78, 5) is 36.3. The molecule has 0 N–H and O–H groups in total. The number of rotatable bonds is 8. The Morgan fingerprint density at radius 2 is 1.58 bits per heavy atom. The Balaban J connectivity index is 1.92. The van der Waals surface area contributed by atoms with Gasteiger partial charge < -0.3 is 14.2 Å². The minimum atomic E-state index is -0.985. The third-order valence-corrected chi connectivity index (χ3v) is 4.15. The predicted molar refractivity (Wildman–Crippen MR) is 94.2 cm³/mol. The molecule has 0 heterocycles. The van der Waals surface area contributed by atoms with E-state index in [1.807, 2.05) is 12.1 Å². The number of allylic oxidation sites excluding steroid dienone is 1. The van der Waals surface area contributed by atoms with Crippen molar-refractivity contribution in [3.8, 4) is 0 Å². The molecule has 2 rings (SSSR count). The zero-order chi connectivity index (χ0) is 18.9. The Morgan fingerprint density at radius 3 is 2.15 bits per heavy atom. The lowest BCUT2D eigenvalue weighted by Crippen LogP contribution is -2.33. The molecule has 6 heteroatoms. The van der Waals surface area contributed by atoms with Crippen molar-refractivity contribution in [3.63, 3.8) is 0 Å². The number of ether oxygens (including phenoxy) is 3. The molecule has 0 spiro atoms. The summed E-state index contributed by atoms with van der Waals surface area (Å²) in [5.41, 5.74) is 0.488. The van der Waals surface area contributed by atoms with Crippen LogP contribution in [-0.2, 0) is 23.8 Å². The van der Waals surface area contributed by atoms with Crippen LogP contribution < -0.4 is 0 Å². The van der Waals surface area contributed by atoms with Gasteiger partial charge >= 0.3 is 17.9 Å². The van der Waals surface area contributed by atoms with Crippen LogP contribution in [0.3, 0.4) is 0 Å². The summed E-state index contributed by atoms with van der Waals surface area (Å²) in [7, 11) is 0. The molecule has 6 nitrogen and oxygen atoms in total. The van der Waals surface area contributed by atoms with Crippen molar-refractivity contribution in [3.05, 3.63) is 48.0 Å². The molecular formula is C20H24O6. The number of hydrogen-bond acceptors (Lipinski definition) is 6. The van der Waals surface area contributed by atoms with Gasteiger partial charge in [-0.15, -0.1) is 0 Å². The second kappa shape index (κ2) is 9.75. The zero-order valence-corrected chi connectivity index (χ0v) is 15.1. The van der Waals surface area contributed by atoms with Gasteiger partial charge in [0.25, 0.3) is 0 Å². The summed E-state index contributed by atoms with van der Waals surface area (Å²) < 4.78 is 15.4. The lowest BCUT2D eigenvalue weighted by Gasteiger charge is -2.20. The van der Waals surface area contributed by atoms with E-state index in [-0.39, 0.29) is 31.7 Å². The molecule has 0 amide bonds. The van der Waals surface area contributed by atoms with E-state index in [2.05, 4.69) is 0 Å². The maximum atomic E-state index is 12.2. The van der Waals surface area contributed by atoms with E-state index in [4.69, 9.17) is 14.2 Å². The molecular weight excluding hydrogens is 336 g/mol. The third-order valence-electron chi connectivity index (χ3n) is 4.15. The molecule has 2 atom stereocenters. The van der Waals surface area contributed by atoms with E-state index in [9.17, 15) is 14.4 Å². The average Bonchev–Trinajstić information content (AvgIpc) is 3.09. The fourth-order valence-corrected chi connectivity index (χ4v) is 2.93. The number of hydrogen-bond donors (Lipinski definition) is 0.